The third kappa shape index (κ3) is 4.99. The second-order valence-electron chi connectivity index (χ2n) is 9.18. The van der Waals surface area contributed by atoms with Gasteiger partial charge in [-0.1, -0.05) is 24.1 Å². The van der Waals surface area contributed by atoms with E-state index >= 15 is 0 Å². The Balaban J connectivity index is 1.87. The van der Waals surface area contributed by atoms with Crippen molar-refractivity contribution in [3.63, 3.8) is 0 Å². The first-order valence-corrected chi connectivity index (χ1v) is 12.5. The summed E-state index contributed by atoms with van der Waals surface area (Å²) in [7, 11) is 3.18. The molecule has 3 aromatic rings. The van der Waals surface area contributed by atoms with E-state index in [1.807, 2.05) is 24.3 Å². The van der Waals surface area contributed by atoms with Crippen molar-refractivity contribution in [2.24, 2.45) is 0 Å². The largest absolute Gasteiger partial charge is 0.355 e. The fraction of sp³-hybridized carbons (Fsp3) is 0.357. The van der Waals surface area contributed by atoms with Crippen LogP contribution < -0.4 is 19.8 Å². The number of fused-ring (bicyclic) bond motifs is 1. The molecule has 196 valence electrons. The van der Waals surface area contributed by atoms with E-state index in [2.05, 4.69) is 28.1 Å². The topological polar surface area (TPSA) is 109 Å². The van der Waals surface area contributed by atoms with Crippen molar-refractivity contribution in [2.45, 2.75) is 26.4 Å². The van der Waals surface area contributed by atoms with Gasteiger partial charge < -0.3 is 24.6 Å². The van der Waals surface area contributed by atoms with Crippen molar-refractivity contribution >= 4 is 34.6 Å². The van der Waals surface area contributed by atoms with Gasteiger partial charge in [0.25, 0.3) is 11.6 Å². The van der Waals surface area contributed by atoms with Gasteiger partial charge in [-0.15, -0.1) is 5.92 Å². The number of pyridine rings is 1. The molecule has 2 aromatic heterocycles. The van der Waals surface area contributed by atoms with E-state index in [1.54, 1.807) is 30.8 Å². The van der Waals surface area contributed by atoms with Crippen molar-refractivity contribution in [2.75, 3.05) is 50.1 Å². The van der Waals surface area contributed by atoms with Gasteiger partial charge in [0.05, 0.1) is 17.6 Å². The number of hydrogen-bond donors (Lipinski definition) is 2. The Morgan fingerprint density at radius 3 is 2.76 bits per heavy atom. The number of benzene rings is 1. The number of aromatic nitrogens is 2. The number of hydrogen-bond acceptors (Lipinski definition) is 6. The van der Waals surface area contributed by atoms with Gasteiger partial charge in [0.2, 0.25) is 12.6 Å². The van der Waals surface area contributed by atoms with E-state index in [9.17, 15) is 20.1 Å². The molecule has 0 radical (unpaired) electrons. The molecule has 1 aliphatic rings. The summed E-state index contributed by atoms with van der Waals surface area (Å²) in [6, 6.07) is 11.7. The van der Waals surface area contributed by atoms with Crippen LogP contribution in [-0.4, -0.2) is 67.3 Å². The number of anilines is 2. The van der Waals surface area contributed by atoms with Crippen molar-refractivity contribution in [1.29, 1.82) is 5.26 Å². The monoisotopic (exact) mass is 514 g/mol. The van der Waals surface area contributed by atoms with Crippen LogP contribution >= 0.6 is 0 Å². The smallest absolute Gasteiger partial charge is 0.273 e. The van der Waals surface area contributed by atoms with E-state index < -0.39 is 5.91 Å². The quantitative estimate of drug-likeness (QED) is 0.215. The van der Waals surface area contributed by atoms with Crippen LogP contribution in [0.5, 0.6) is 0 Å². The average molecular weight is 515 g/mol. The second kappa shape index (κ2) is 11.7. The summed E-state index contributed by atoms with van der Waals surface area (Å²) < 4.78 is 2.77. The number of nitrogens with zero attached hydrogens (tertiary/aromatic N) is 6. The first-order valence-electron chi connectivity index (χ1n) is 12.5. The fourth-order valence-electron chi connectivity index (χ4n) is 4.91. The lowest BCUT2D eigenvalue weighted by atomic mass is 10.1. The molecule has 2 N–H and O–H groups in total. The molecular weight excluding hydrogens is 482 g/mol. The number of amides is 2. The van der Waals surface area contributed by atoms with Gasteiger partial charge in [-0.05, 0) is 31.3 Å². The Kier molecular flexibility index (Phi) is 8.15. The molecule has 1 aromatic carbocycles. The number of carbonyl (C=O) groups excluding carboxylic acids is 2. The third-order valence-electron chi connectivity index (χ3n) is 6.77. The maximum absolute atomic E-state index is 14.1. The first-order chi connectivity index (χ1) is 18.4. The number of nitriles is 1. The van der Waals surface area contributed by atoms with Gasteiger partial charge in [-0.3, -0.25) is 14.8 Å². The molecule has 2 amide bonds. The summed E-state index contributed by atoms with van der Waals surface area (Å²) in [6.07, 6.45) is 3.01. The summed E-state index contributed by atoms with van der Waals surface area (Å²) in [4.78, 5) is 30.9. The minimum atomic E-state index is -0.393. The van der Waals surface area contributed by atoms with Crippen LogP contribution in [0.4, 0.5) is 11.5 Å². The Hall–Kier alpha value is -4.54. The molecular formula is C28H32N7O3+. The minimum absolute atomic E-state index is 0.0937. The van der Waals surface area contributed by atoms with Crippen molar-refractivity contribution < 1.29 is 19.5 Å². The van der Waals surface area contributed by atoms with E-state index in [-0.39, 0.29) is 30.0 Å². The molecule has 1 fully saturated rings. The molecule has 0 bridgehead atoms. The molecule has 38 heavy (non-hydrogen) atoms. The van der Waals surface area contributed by atoms with Crippen molar-refractivity contribution in [3.8, 4) is 17.9 Å². The number of carbonyl (C=O) groups is 2. The Labute approximate surface area is 222 Å². The lowest BCUT2D eigenvalue weighted by molar-refractivity contribution is -0.909. The predicted molar refractivity (Wildman–Crippen MR) is 144 cm³/mol. The van der Waals surface area contributed by atoms with Gasteiger partial charge in [-0.2, -0.15) is 5.26 Å². The summed E-state index contributed by atoms with van der Waals surface area (Å²) in [6.45, 7) is 4.92. The zero-order valence-corrected chi connectivity index (χ0v) is 21.9. The van der Waals surface area contributed by atoms with Crippen LogP contribution in [0.25, 0.3) is 10.8 Å². The lowest BCUT2D eigenvalue weighted by Gasteiger charge is -2.25. The zero-order chi connectivity index (χ0) is 27.2. The van der Waals surface area contributed by atoms with E-state index in [0.717, 1.165) is 35.0 Å². The highest BCUT2D eigenvalue weighted by Gasteiger charge is 2.34. The molecule has 0 saturated carbocycles. The number of rotatable bonds is 7. The van der Waals surface area contributed by atoms with Crippen LogP contribution in [0, 0.1) is 23.2 Å². The van der Waals surface area contributed by atoms with Crippen LogP contribution in [0.3, 0.4) is 0 Å². The highest BCUT2D eigenvalue weighted by molar-refractivity contribution is 6.04. The Bertz CT molecular complexity index is 1450. The maximum Gasteiger partial charge on any atom is 0.273 e. The van der Waals surface area contributed by atoms with Crippen LogP contribution in [0.15, 0.2) is 36.5 Å². The summed E-state index contributed by atoms with van der Waals surface area (Å²) in [5.41, 5.74) is 1.26. The molecule has 1 aliphatic heterocycles. The Morgan fingerprint density at radius 1 is 1.24 bits per heavy atom. The second-order valence-corrected chi connectivity index (χ2v) is 9.18. The average Bonchev–Trinajstić information content (AvgIpc) is 3.05. The molecule has 0 unspecified atom stereocenters. The molecule has 3 heterocycles. The summed E-state index contributed by atoms with van der Waals surface area (Å²) >= 11 is 0. The summed E-state index contributed by atoms with van der Waals surface area (Å²) in [5, 5.41) is 26.0. The standard InChI is InChI=1S/C28H32N7O3/c1-4-5-15-34-26(25(32(3)20-36)23(18-29)27(34)33-14-8-12-30-13-17-33)28(37)31(2)19-24-22-10-7-6-9-21(22)11-16-35(24)38/h6-7,9-11,16,20,30,38H,8,12-15,17,19H2,1-3H3/q+1. The van der Waals surface area contributed by atoms with Crippen LogP contribution in [0.1, 0.15) is 35.1 Å². The fourth-order valence-corrected chi connectivity index (χ4v) is 4.91. The van der Waals surface area contributed by atoms with Gasteiger partial charge in [0.1, 0.15) is 29.7 Å². The van der Waals surface area contributed by atoms with E-state index in [4.69, 9.17) is 0 Å². The van der Waals surface area contributed by atoms with Crippen molar-refractivity contribution in [1.82, 2.24) is 14.8 Å². The highest BCUT2D eigenvalue weighted by Crippen LogP contribution is 2.37. The van der Waals surface area contributed by atoms with Crippen molar-refractivity contribution in [3.05, 3.63) is 53.5 Å². The molecule has 10 heteroatoms. The van der Waals surface area contributed by atoms with Crippen LogP contribution in [0.2, 0.25) is 0 Å². The molecule has 1 saturated heterocycles. The molecule has 0 aliphatic carbocycles. The van der Waals surface area contributed by atoms with E-state index in [0.29, 0.717) is 31.0 Å². The molecule has 10 nitrogen and oxygen atoms in total. The maximum atomic E-state index is 14.1. The molecule has 0 atom stereocenters. The number of nitrogens with one attached hydrogen (secondary N) is 1. The Morgan fingerprint density at radius 2 is 2.03 bits per heavy atom. The third-order valence-corrected chi connectivity index (χ3v) is 6.77. The van der Waals surface area contributed by atoms with Gasteiger partial charge in [0.15, 0.2) is 0 Å². The van der Waals surface area contributed by atoms with Crippen LogP contribution in [-0.2, 0) is 17.9 Å². The van der Waals surface area contributed by atoms with E-state index in [1.165, 1.54) is 16.8 Å². The first kappa shape index (κ1) is 26.5. The molecule has 4 rings (SSSR count). The zero-order valence-electron chi connectivity index (χ0n) is 21.9. The lowest BCUT2D eigenvalue weighted by Crippen LogP contribution is -2.40. The van der Waals surface area contributed by atoms with Gasteiger partial charge in [0, 0.05) is 44.5 Å². The predicted octanol–water partition coefficient (Wildman–Crippen LogP) is 1.73. The molecule has 0 spiro atoms. The normalized spacial score (nSPS) is 13.3. The highest BCUT2D eigenvalue weighted by atomic mass is 16.5. The van der Waals surface area contributed by atoms with Gasteiger partial charge >= 0.3 is 0 Å². The van der Waals surface area contributed by atoms with Gasteiger partial charge in [-0.25, -0.2) is 0 Å². The SMILES string of the molecule is CC#CCn1c(C(=O)N(C)Cc2c3ccccc3cc[n+]2O)c(N(C)C=O)c(C#N)c1N1CCCNCC1. The minimum Gasteiger partial charge on any atom is -0.355 e. The summed E-state index contributed by atoms with van der Waals surface area (Å²) in [5.74, 6) is 6.11.